The Morgan fingerprint density at radius 1 is 1.03 bits per heavy atom. The number of ether oxygens (including phenoxy) is 1. The summed E-state index contributed by atoms with van der Waals surface area (Å²) in [5.74, 6) is 0.182. The molecule has 8 heteroatoms. The first-order valence-electron chi connectivity index (χ1n) is 9.99. The summed E-state index contributed by atoms with van der Waals surface area (Å²) in [5, 5.41) is 4.33. The van der Waals surface area contributed by atoms with Gasteiger partial charge in [-0.15, -0.1) is 0 Å². The van der Waals surface area contributed by atoms with E-state index in [2.05, 4.69) is 5.32 Å². The Balaban J connectivity index is 2.21. The SMILES string of the molecule is Cc1cc(OCC(=O)N(Cc2c(Cl)cccc2Cl)[C@H](C)C(=O)NCC(C)C)ccc1Cl. The molecule has 1 atom stereocenters. The fraction of sp³-hybridized carbons (Fsp3) is 0.391. The van der Waals surface area contributed by atoms with Crippen molar-refractivity contribution in [2.75, 3.05) is 13.2 Å². The number of benzene rings is 2. The largest absolute Gasteiger partial charge is 0.484 e. The molecule has 2 aromatic carbocycles. The molecular weight excluding hydrogens is 459 g/mol. The van der Waals surface area contributed by atoms with Crippen LogP contribution < -0.4 is 10.1 Å². The van der Waals surface area contributed by atoms with Gasteiger partial charge in [0.2, 0.25) is 5.91 Å². The van der Waals surface area contributed by atoms with Crippen molar-refractivity contribution in [3.8, 4) is 5.75 Å². The number of carbonyl (C=O) groups excluding carboxylic acids is 2. The van der Waals surface area contributed by atoms with Gasteiger partial charge in [0.15, 0.2) is 6.61 Å². The van der Waals surface area contributed by atoms with Gasteiger partial charge in [0.25, 0.3) is 5.91 Å². The third-order valence-corrected chi connectivity index (χ3v) is 5.87. The molecule has 31 heavy (non-hydrogen) atoms. The van der Waals surface area contributed by atoms with E-state index in [1.807, 2.05) is 20.8 Å². The average molecular weight is 486 g/mol. The average Bonchev–Trinajstić information content (AvgIpc) is 2.72. The smallest absolute Gasteiger partial charge is 0.261 e. The standard InChI is InChI=1S/C23H27Cl3N2O3/c1-14(2)11-27-23(30)16(4)28(12-18-20(25)6-5-7-21(18)26)22(29)13-31-17-8-9-19(24)15(3)10-17/h5-10,14,16H,11-13H2,1-4H3,(H,27,30)/t16-/m1/s1. The van der Waals surface area contributed by atoms with Crippen LogP contribution in [-0.4, -0.2) is 35.9 Å². The highest BCUT2D eigenvalue weighted by molar-refractivity contribution is 6.36. The monoisotopic (exact) mass is 484 g/mol. The summed E-state index contributed by atoms with van der Waals surface area (Å²) in [6.45, 7) is 7.87. The first kappa shape index (κ1) is 25.3. The molecular formula is C23H27Cl3N2O3. The van der Waals surface area contributed by atoms with Crippen molar-refractivity contribution in [1.82, 2.24) is 10.2 Å². The fourth-order valence-corrected chi connectivity index (χ4v) is 3.46. The summed E-state index contributed by atoms with van der Waals surface area (Å²) in [7, 11) is 0. The number of rotatable bonds is 9. The Labute approximate surface area is 198 Å². The molecule has 0 saturated heterocycles. The van der Waals surface area contributed by atoms with Gasteiger partial charge in [-0.25, -0.2) is 0 Å². The van der Waals surface area contributed by atoms with Crippen LogP contribution in [0, 0.1) is 12.8 Å². The summed E-state index contributed by atoms with van der Waals surface area (Å²) in [5.41, 5.74) is 1.41. The summed E-state index contributed by atoms with van der Waals surface area (Å²) in [6, 6.07) is 9.53. The number of amides is 2. The summed E-state index contributed by atoms with van der Waals surface area (Å²) >= 11 is 18.6. The molecule has 2 rings (SSSR count). The van der Waals surface area contributed by atoms with Crippen LogP contribution in [-0.2, 0) is 16.1 Å². The molecule has 5 nitrogen and oxygen atoms in total. The normalized spacial score (nSPS) is 11.9. The molecule has 0 aromatic heterocycles. The van der Waals surface area contributed by atoms with E-state index in [0.717, 1.165) is 5.56 Å². The van der Waals surface area contributed by atoms with Gasteiger partial charge < -0.3 is 15.0 Å². The van der Waals surface area contributed by atoms with Crippen LogP contribution in [0.1, 0.15) is 31.9 Å². The Kier molecular flexibility index (Phi) is 9.48. The van der Waals surface area contributed by atoms with Gasteiger partial charge in [0, 0.05) is 33.7 Å². The molecule has 1 N–H and O–H groups in total. The van der Waals surface area contributed by atoms with E-state index in [9.17, 15) is 9.59 Å². The molecule has 168 valence electrons. The van der Waals surface area contributed by atoms with Crippen molar-refractivity contribution >= 4 is 46.6 Å². The second-order valence-corrected chi connectivity index (χ2v) is 8.96. The molecule has 0 saturated carbocycles. The lowest BCUT2D eigenvalue weighted by molar-refractivity contribution is -0.142. The van der Waals surface area contributed by atoms with Gasteiger partial charge in [0.05, 0.1) is 0 Å². The zero-order chi connectivity index (χ0) is 23.1. The lowest BCUT2D eigenvalue weighted by Crippen LogP contribution is -2.49. The van der Waals surface area contributed by atoms with E-state index >= 15 is 0 Å². The van der Waals surface area contributed by atoms with Crippen LogP contribution in [0.5, 0.6) is 5.75 Å². The molecule has 0 bridgehead atoms. The molecule has 0 aliphatic carbocycles. The number of aryl methyl sites for hydroxylation is 1. The number of nitrogens with one attached hydrogen (secondary N) is 1. The maximum Gasteiger partial charge on any atom is 0.261 e. The van der Waals surface area contributed by atoms with Crippen molar-refractivity contribution in [3.63, 3.8) is 0 Å². The number of nitrogens with zero attached hydrogens (tertiary/aromatic N) is 1. The van der Waals surface area contributed by atoms with Crippen LogP contribution >= 0.6 is 34.8 Å². The molecule has 0 aliphatic rings. The van der Waals surface area contributed by atoms with Crippen molar-refractivity contribution in [2.24, 2.45) is 5.92 Å². The van der Waals surface area contributed by atoms with E-state index in [4.69, 9.17) is 39.5 Å². The second-order valence-electron chi connectivity index (χ2n) is 7.74. The van der Waals surface area contributed by atoms with Crippen molar-refractivity contribution in [1.29, 1.82) is 0 Å². The van der Waals surface area contributed by atoms with Crippen molar-refractivity contribution < 1.29 is 14.3 Å². The Bertz CT molecular complexity index is 914. The third-order valence-electron chi connectivity index (χ3n) is 4.73. The molecule has 0 unspecified atom stereocenters. The summed E-state index contributed by atoms with van der Waals surface area (Å²) in [6.07, 6.45) is 0. The van der Waals surface area contributed by atoms with Crippen molar-refractivity contribution in [3.05, 3.63) is 62.6 Å². The van der Waals surface area contributed by atoms with Crippen molar-refractivity contribution in [2.45, 2.75) is 40.3 Å². The highest BCUT2D eigenvalue weighted by Crippen LogP contribution is 2.27. The third kappa shape index (κ3) is 7.30. The minimum absolute atomic E-state index is 0.0800. The van der Waals surface area contributed by atoms with Gasteiger partial charge in [-0.3, -0.25) is 9.59 Å². The highest BCUT2D eigenvalue weighted by atomic mass is 35.5. The zero-order valence-electron chi connectivity index (χ0n) is 18.0. The molecule has 2 aromatic rings. The molecule has 0 heterocycles. The van der Waals surface area contributed by atoms with Gasteiger partial charge in [-0.05, 0) is 55.7 Å². The number of hydrogen-bond donors (Lipinski definition) is 1. The Hall–Kier alpha value is -1.95. The van der Waals surface area contributed by atoms with Crippen LogP contribution in [0.2, 0.25) is 15.1 Å². The lowest BCUT2D eigenvalue weighted by atomic mass is 10.1. The zero-order valence-corrected chi connectivity index (χ0v) is 20.3. The van der Waals surface area contributed by atoms with Crippen LogP contribution in [0.3, 0.4) is 0 Å². The fourth-order valence-electron chi connectivity index (χ4n) is 2.82. The molecule has 0 fully saturated rings. The minimum Gasteiger partial charge on any atom is -0.484 e. The Morgan fingerprint density at radius 2 is 1.68 bits per heavy atom. The van der Waals surface area contributed by atoms with Gasteiger partial charge in [0.1, 0.15) is 11.8 Å². The summed E-state index contributed by atoms with van der Waals surface area (Å²) in [4.78, 5) is 27.2. The maximum atomic E-state index is 13.1. The lowest BCUT2D eigenvalue weighted by Gasteiger charge is -2.29. The van der Waals surface area contributed by atoms with Gasteiger partial charge in [-0.1, -0.05) is 54.7 Å². The Morgan fingerprint density at radius 3 is 2.26 bits per heavy atom. The predicted molar refractivity (Wildman–Crippen MR) is 126 cm³/mol. The number of hydrogen-bond acceptors (Lipinski definition) is 3. The van der Waals surface area contributed by atoms with E-state index in [0.29, 0.717) is 32.9 Å². The first-order valence-corrected chi connectivity index (χ1v) is 11.1. The van der Waals surface area contributed by atoms with Gasteiger partial charge >= 0.3 is 0 Å². The van der Waals surface area contributed by atoms with E-state index in [1.165, 1.54) is 4.90 Å². The minimum atomic E-state index is -0.742. The molecule has 0 radical (unpaired) electrons. The molecule has 0 spiro atoms. The highest BCUT2D eigenvalue weighted by Gasteiger charge is 2.28. The van der Waals surface area contributed by atoms with E-state index in [1.54, 1.807) is 43.3 Å². The van der Waals surface area contributed by atoms with E-state index < -0.39 is 6.04 Å². The predicted octanol–water partition coefficient (Wildman–Crippen LogP) is 5.52. The molecule has 2 amide bonds. The van der Waals surface area contributed by atoms with Gasteiger partial charge in [-0.2, -0.15) is 0 Å². The number of halogens is 3. The number of carbonyl (C=O) groups is 2. The topological polar surface area (TPSA) is 58.6 Å². The van der Waals surface area contributed by atoms with E-state index in [-0.39, 0.29) is 30.9 Å². The quantitative estimate of drug-likeness (QED) is 0.508. The van der Waals surface area contributed by atoms with Crippen LogP contribution in [0.25, 0.3) is 0 Å². The molecule has 0 aliphatic heterocycles. The first-order chi connectivity index (χ1) is 14.6. The van der Waals surface area contributed by atoms with Crippen LogP contribution in [0.15, 0.2) is 36.4 Å². The second kappa shape index (κ2) is 11.6. The van der Waals surface area contributed by atoms with Crippen LogP contribution in [0.4, 0.5) is 0 Å². The summed E-state index contributed by atoms with van der Waals surface area (Å²) < 4.78 is 5.66. The maximum absolute atomic E-state index is 13.1.